The Labute approximate surface area is 104 Å². The summed E-state index contributed by atoms with van der Waals surface area (Å²) >= 11 is 1.94. The summed E-state index contributed by atoms with van der Waals surface area (Å²) in [5.74, 6) is 2.16. The molecule has 1 aliphatic carbocycles. The first-order valence-electron chi connectivity index (χ1n) is 6.61. The SMILES string of the molecule is CCC1(CC)CN=C(NC2CC(C)C2)SC1. The quantitative estimate of drug-likeness (QED) is 0.818. The summed E-state index contributed by atoms with van der Waals surface area (Å²) in [5, 5.41) is 4.79. The first kappa shape index (κ1) is 12.3. The molecule has 0 aromatic rings. The van der Waals surface area contributed by atoms with E-state index in [1.54, 1.807) is 0 Å². The molecule has 3 heteroatoms. The number of amidine groups is 1. The first-order valence-corrected chi connectivity index (χ1v) is 7.60. The average Bonchev–Trinajstić information content (AvgIpc) is 2.28. The lowest BCUT2D eigenvalue weighted by molar-refractivity contribution is 0.267. The van der Waals surface area contributed by atoms with Crippen LogP contribution >= 0.6 is 11.8 Å². The highest BCUT2D eigenvalue weighted by Gasteiger charge is 2.32. The molecule has 1 aliphatic heterocycles. The molecule has 92 valence electrons. The second-order valence-corrected chi connectivity index (χ2v) is 6.50. The monoisotopic (exact) mass is 240 g/mol. The molecule has 16 heavy (non-hydrogen) atoms. The molecule has 0 saturated heterocycles. The van der Waals surface area contributed by atoms with Crippen molar-refractivity contribution in [3.63, 3.8) is 0 Å². The van der Waals surface area contributed by atoms with Crippen LogP contribution in [0.5, 0.6) is 0 Å². The molecule has 0 bridgehead atoms. The number of hydrogen-bond donors (Lipinski definition) is 1. The van der Waals surface area contributed by atoms with Gasteiger partial charge in [0, 0.05) is 18.3 Å². The molecule has 0 spiro atoms. The largest absolute Gasteiger partial charge is 0.362 e. The normalized spacial score (nSPS) is 32.8. The fraction of sp³-hybridized carbons (Fsp3) is 0.923. The van der Waals surface area contributed by atoms with Crippen molar-refractivity contribution in [2.24, 2.45) is 16.3 Å². The van der Waals surface area contributed by atoms with Gasteiger partial charge in [-0.2, -0.15) is 0 Å². The van der Waals surface area contributed by atoms with Gasteiger partial charge in [-0.15, -0.1) is 0 Å². The van der Waals surface area contributed by atoms with Crippen molar-refractivity contribution in [3.05, 3.63) is 0 Å². The lowest BCUT2D eigenvalue weighted by Gasteiger charge is -2.37. The Bertz CT molecular complexity index is 265. The van der Waals surface area contributed by atoms with E-state index in [0.717, 1.165) is 12.5 Å². The Kier molecular flexibility index (Phi) is 3.83. The summed E-state index contributed by atoms with van der Waals surface area (Å²) in [7, 11) is 0. The van der Waals surface area contributed by atoms with E-state index in [4.69, 9.17) is 4.99 Å². The third-order valence-corrected chi connectivity index (χ3v) is 5.55. The van der Waals surface area contributed by atoms with Crippen molar-refractivity contribution in [3.8, 4) is 0 Å². The van der Waals surface area contributed by atoms with E-state index in [2.05, 4.69) is 26.1 Å². The van der Waals surface area contributed by atoms with Crippen molar-refractivity contribution >= 4 is 16.9 Å². The van der Waals surface area contributed by atoms with Gasteiger partial charge in [-0.1, -0.05) is 32.5 Å². The van der Waals surface area contributed by atoms with Crippen LogP contribution in [0.25, 0.3) is 0 Å². The molecule has 0 aromatic carbocycles. The molecular formula is C13H24N2S. The standard InChI is InChI=1S/C13H24N2S/c1-4-13(5-2)8-14-12(16-9-13)15-11-6-10(3)7-11/h10-11H,4-9H2,1-3H3,(H,14,15). The van der Waals surface area contributed by atoms with E-state index >= 15 is 0 Å². The molecule has 0 radical (unpaired) electrons. The van der Waals surface area contributed by atoms with Gasteiger partial charge in [0.25, 0.3) is 0 Å². The molecule has 1 fully saturated rings. The highest BCUT2D eigenvalue weighted by molar-refractivity contribution is 8.13. The zero-order chi connectivity index (χ0) is 11.6. The predicted octanol–water partition coefficient (Wildman–Crippen LogP) is 3.28. The fourth-order valence-corrected chi connectivity index (χ4v) is 3.86. The molecule has 2 rings (SSSR count). The fourth-order valence-electron chi connectivity index (χ4n) is 2.51. The van der Waals surface area contributed by atoms with Gasteiger partial charge in [0.2, 0.25) is 0 Å². The predicted molar refractivity (Wildman–Crippen MR) is 73.1 cm³/mol. The maximum Gasteiger partial charge on any atom is 0.156 e. The van der Waals surface area contributed by atoms with E-state index in [9.17, 15) is 0 Å². The molecule has 0 unspecified atom stereocenters. The van der Waals surface area contributed by atoms with Crippen molar-refractivity contribution in [2.45, 2.75) is 52.5 Å². The molecule has 2 nitrogen and oxygen atoms in total. The van der Waals surface area contributed by atoms with Gasteiger partial charge in [-0.05, 0) is 37.0 Å². The van der Waals surface area contributed by atoms with Crippen LogP contribution in [-0.2, 0) is 0 Å². The second-order valence-electron chi connectivity index (χ2n) is 5.53. The number of thioether (sulfide) groups is 1. The van der Waals surface area contributed by atoms with Gasteiger partial charge in [0.15, 0.2) is 5.17 Å². The summed E-state index contributed by atoms with van der Waals surface area (Å²) < 4.78 is 0. The maximum absolute atomic E-state index is 4.74. The van der Waals surface area contributed by atoms with E-state index in [-0.39, 0.29) is 0 Å². The first-order chi connectivity index (χ1) is 7.67. The molecule has 0 amide bonds. The molecular weight excluding hydrogens is 216 g/mol. The summed E-state index contributed by atoms with van der Waals surface area (Å²) in [6.45, 7) is 7.95. The molecule has 1 N–H and O–H groups in total. The van der Waals surface area contributed by atoms with Crippen LogP contribution < -0.4 is 5.32 Å². The molecule has 2 aliphatic rings. The minimum Gasteiger partial charge on any atom is -0.362 e. The van der Waals surface area contributed by atoms with Crippen LogP contribution in [0.4, 0.5) is 0 Å². The minimum absolute atomic E-state index is 0.475. The lowest BCUT2D eigenvalue weighted by atomic mass is 9.82. The number of hydrogen-bond acceptors (Lipinski definition) is 3. The van der Waals surface area contributed by atoms with Gasteiger partial charge in [-0.25, -0.2) is 0 Å². The Morgan fingerprint density at radius 3 is 2.50 bits per heavy atom. The lowest BCUT2D eigenvalue weighted by Crippen LogP contribution is -2.44. The van der Waals surface area contributed by atoms with E-state index in [1.165, 1.54) is 36.6 Å². The van der Waals surface area contributed by atoms with Crippen molar-refractivity contribution in [1.82, 2.24) is 5.32 Å². The summed E-state index contributed by atoms with van der Waals surface area (Å²) in [4.78, 5) is 4.74. The van der Waals surface area contributed by atoms with Gasteiger partial charge < -0.3 is 5.32 Å². The average molecular weight is 240 g/mol. The van der Waals surface area contributed by atoms with Crippen LogP contribution in [0.1, 0.15) is 46.5 Å². The molecule has 0 aromatic heterocycles. The van der Waals surface area contributed by atoms with Crippen LogP contribution in [0.15, 0.2) is 4.99 Å². The van der Waals surface area contributed by atoms with Crippen LogP contribution in [-0.4, -0.2) is 23.5 Å². The summed E-state index contributed by atoms with van der Waals surface area (Å²) in [6.07, 6.45) is 5.17. The van der Waals surface area contributed by atoms with E-state index in [1.807, 2.05) is 11.8 Å². The summed E-state index contributed by atoms with van der Waals surface area (Å²) in [5.41, 5.74) is 0.475. The van der Waals surface area contributed by atoms with Crippen LogP contribution in [0.2, 0.25) is 0 Å². The van der Waals surface area contributed by atoms with Crippen molar-refractivity contribution in [1.29, 1.82) is 0 Å². The Morgan fingerprint density at radius 1 is 1.38 bits per heavy atom. The highest BCUT2D eigenvalue weighted by Crippen LogP contribution is 2.35. The number of aliphatic imine (C=N–C) groups is 1. The van der Waals surface area contributed by atoms with Gasteiger partial charge in [0.1, 0.15) is 0 Å². The van der Waals surface area contributed by atoms with Crippen molar-refractivity contribution in [2.75, 3.05) is 12.3 Å². The third kappa shape index (κ3) is 2.55. The highest BCUT2D eigenvalue weighted by atomic mass is 32.2. The molecule has 0 atom stereocenters. The van der Waals surface area contributed by atoms with E-state index in [0.29, 0.717) is 11.5 Å². The van der Waals surface area contributed by atoms with Crippen LogP contribution in [0.3, 0.4) is 0 Å². The van der Waals surface area contributed by atoms with Crippen molar-refractivity contribution < 1.29 is 0 Å². The zero-order valence-electron chi connectivity index (χ0n) is 10.8. The second kappa shape index (κ2) is 4.99. The molecule has 1 heterocycles. The van der Waals surface area contributed by atoms with Gasteiger partial charge >= 0.3 is 0 Å². The number of nitrogens with zero attached hydrogens (tertiary/aromatic N) is 1. The number of rotatable bonds is 3. The Balaban J connectivity index is 1.83. The maximum atomic E-state index is 4.74. The third-order valence-electron chi connectivity index (χ3n) is 4.27. The Morgan fingerprint density at radius 2 is 2.06 bits per heavy atom. The van der Waals surface area contributed by atoms with E-state index < -0.39 is 0 Å². The van der Waals surface area contributed by atoms with Gasteiger partial charge in [0.05, 0.1) is 0 Å². The minimum atomic E-state index is 0.475. The molecule has 1 saturated carbocycles. The zero-order valence-corrected chi connectivity index (χ0v) is 11.6. The number of nitrogens with one attached hydrogen (secondary N) is 1. The Hall–Kier alpha value is -0.180. The van der Waals surface area contributed by atoms with Gasteiger partial charge in [-0.3, -0.25) is 4.99 Å². The topological polar surface area (TPSA) is 24.4 Å². The smallest absolute Gasteiger partial charge is 0.156 e. The summed E-state index contributed by atoms with van der Waals surface area (Å²) in [6, 6.07) is 0.706. The van der Waals surface area contributed by atoms with Crippen LogP contribution in [0, 0.1) is 11.3 Å².